The van der Waals surface area contributed by atoms with E-state index >= 15 is 0 Å². The molecule has 2 amide bonds. The zero-order valence-corrected chi connectivity index (χ0v) is 24.8. The fourth-order valence-electron chi connectivity index (χ4n) is 5.24. The fourth-order valence-corrected chi connectivity index (χ4v) is 5.24. The van der Waals surface area contributed by atoms with Crippen LogP contribution >= 0.6 is 0 Å². The fraction of sp³-hybridized carbons (Fsp3) is 0.242. The summed E-state index contributed by atoms with van der Waals surface area (Å²) < 4.78 is 0. The maximum absolute atomic E-state index is 12.9. The number of aliphatic imine (C=N–C) groups is 1. The van der Waals surface area contributed by atoms with Crippen LogP contribution in [-0.4, -0.2) is 22.5 Å². The molecular formula is C33H30N8O2. The topological polar surface area (TPSA) is 160 Å². The van der Waals surface area contributed by atoms with E-state index in [4.69, 9.17) is 16.1 Å². The van der Waals surface area contributed by atoms with Gasteiger partial charge in [-0.05, 0) is 48.8 Å². The van der Waals surface area contributed by atoms with Crippen LogP contribution in [0.4, 0.5) is 0 Å². The molecule has 214 valence electrons. The Kier molecular flexibility index (Phi) is 7.28. The molecular weight excluding hydrogens is 540 g/mol. The van der Waals surface area contributed by atoms with Gasteiger partial charge in [0, 0.05) is 37.3 Å². The van der Waals surface area contributed by atoms with E-state index in [1.807, 2.05) is 24.3 Å². The highest BCUT2D eigenvalue weighted by Crippen LogP contribution is 2.43. The van der Waals surface area contributed by atoms with Gasteiger partial charge in [-0.15, -0.1) is 0 Å². The standard InChI is InChI=1S/C33H30N8O2/c1-32(2,3)19-15-18(16-20(17-19)33(4,5)6)25(26-21-11-7-9-13-23(21)28(36-26)30(42)38-40-34)27-22-12-8-10-14-24(22)29(37-27)31(43)39-41-35/h7-17,36H,1-6H3/b27-25-. The van der Waals surface area contributed by atoms with E-state index in [1.54, 1.807) is 24.3 Å². The average molecular weight is 571 g/mol. The number of hydrogen-bond acceptors (Lipinski definition) is 3. The SMILES string of the molecule is CC(C)(C)c1cc(/C(=C2/N=C(C(=O)N=[N+]=[N-])c3ccccc32)c2[nH]c(C(=O)N=[N+]=[N-])c3ccccc23)cc(C(C)(C)C)c1. The smallest absolute Gasteiger partial charge is 0.268 e. The van der Waals surface area contributed by atoms with Gasteiger partial charge in [0.25, 0.3) is 11.8 Å². The summed E-state index contributed by atoms with van der Waals surface area (Å²) in [7, 11) is 0. The van der Waals surface area contributed by atoms with E-state index in [9.17, 15) is 9.59 Å². The molecule has 1 N–H and O–H groups in total. The van der Waals surface area contributed by atoms with Gasteiger partial charge < -0.3 is 4.98 Å². The molecule has 0 aliphatic carbocycles. The Morgan fingerprint density at radius 3 is 1.79 bits per heavy atom. The molecule has 0 saturated carbocycles. The lowest BCUT2D eigenvalue weighted by atomic mass is 9.78. The van der Waals surface area contributed by atoms with Gasteiger partial charge >= 0.3 is 0 Å². The van der Waals surface area contributed by atoms with Crippen molar-refractivity contribution in [2.75, 3.05) is 0 Å². The molecule has 10 heteroatoms. The van der Waals surface area contributed by atoms with Crippen LogP contribution in [0.15, 0.2) is 82.0 Å². The molecule has 1 aromatic heterocycles. The second-order valence-electron chi connectivity index (χ2n) is 12.4. The van der Waals surface area contributed by atoms with Gasteiger partial charge in [0.05, 0.1) is 17.1 Å². The number of amides is 2. The molecule has 1 aliphatic heterocycles. The highest BCUT2D eigenvalue weighted by molar-refractivity contribution is 6.49. The van der Waals surface area contributed by atoms with Crippen LogP contribution < -0.4 is 0 Å². The van der Waals surface area contributed by atoms with Crippen molar-refractivity contribution in [1.29, 1.82) is 0 Å². The highest BCUT2D eigenvalue weighted by atomic mass is 16.2. The van der Waals surface area contributed by atoms with Gasteiger partial charge in [-0.3, -0.25) is 9.59 Å². The van der Waals surface area contributed by atoms with Gasteiger partial charge in [-0.2, -0.15) is 0 Å². The monoisotopic (exact) mass is 570 g/mol. The molecule has 2 heterocycles. The number of nitrogens with one attached hydrogen (secondary N) is 1. The summed E-state index contributed by atoms with van der Waals surface area (Å²) in [5.41, 5.74) is 23.7. The third-order valence-corrected chi connectivity index (χ3v) is 7.50. The summed E-state index contributed by atoms with van der Waals surface area (Å²) in [6.07, 6.45) is 0. The van der Waals surface area contributed by atoms with Crippen molar-refractivity contribution in [2.45, 2.75) is 52.4 Å². The van der Waals surface area contributed by atoms with E-state index < -0.39 is 11.8 Å². The van der Waals surface area contributed by atoms with Gasteiger partial charge in [-0.1, -0.05) is 108 Å². The minimum absolute atomic E-state index is 0.0326. The quantitative estimate of drug-likeness (QED) is 0.148. The van der Waals surface area contributed by atoms with Crippen molar-refractivity contribution in [1.82, 2.24) is 4.98 Å². The first-order valence-electron chi connectivity index (χ1n) is 13.7. The Bertz CT molecular complexity index is 1950. The van der Waals surface area contributed by atoms with Crippen molar-refractivity contribution in [2.24, 2.45) is 15.2 Å². The van der Waals surface area contributed by atoms with Crippen LogP contribution in [0.2, 0.25) is 0 Å². The number of hydrogen-bond donors (Lipinski definition) is 1. The number of carbonyl (C=O) groups excluding carboxylic acids is 2. The van der Waals surface area contributed by atoms with Crippen molar-refractivity contribution in [3.8, 4) is 0 Å². The number of benzene rings is 3. The van der Waals surface area contributed by atoms with Gasteiger partial charge in [0.2, 0.25) is 0 Å². The predicted octanol–water partition coefficient (Wildman–Crippen LogP) is 8.77. The molecule has 5 rings (SSSR count). The van der Waals surface area contributed by atoms with Crippen LogP contribution in [0.3, 0.4) is 0 Å². The molecule has 43 heavy (non-hydrogen) atoms. The zero-order valence-electron chi connectivity index (χ0n) is 24.8. The van der Waals surface area contributed by atoms with Crippen molar-refractivity contribution >= 4 is 39.6 Å². The molecule has 1 aliphatic rings. The minimum Gasteiger partial charge on any atom is -0.351 e. The Morgan fingerprint density at radius 2 is 1.23 bits per heavy atom. The summed E-state index contributed by atoms with van der Waals surface area (Å²) in [5.74, 6) is -1.54. The van der Waals surface area contributed by atoms with E-state index in [0.717, 1.165) is 16.7 Å². The second kappa shape index (κ2) is 10.8. The first kappa shape index (κ1) is 29.1. The Hall–Kier alpha value is -5.43. The van der Waals surface area contributed by atoms with Crippen LogP contribution in [0.1, 0.15) is 85.5 Å². The highest BCUT2D eigenvalue weighted by Gasteiger charge is 2.31. The zero-order chi connectivity index (χ0) is 31.1. The molecule has 0 spiro atoms. The Balaban J connectivity index is 1.99. The largest absolute Gasteiger partial charge is 0.351 e. The number of azide groups is 2. The molecule has 4 aromatic rings. The number of aromatic amines is 1. The van der Waals surface area contributed by atoms with Crippen molar-refractivity contribution in [3.63, 3.8) is 0 Å². The van der Waals surface area contributed by atoms with Crippen LogP contribution in [0.25, 0.3) is 42.9 Å². The van der Waals surface area contributed by atoms with E-state index in [0.29, 0.717) is 38.9 Å². The maximum atomic E-state index is 12.9. The summed E-state index contributed by atoms with van der Waals surface area (Å²) in [4.78, 5) is 39.3. The molecule has 0 atom stereocenters. The Morgan fingerprint density at radius 1 is 0.721 bits per heavy atom. The molecule has 0 unspecified atom stereocenters. The third-order valence-electron chi connectivity index (χ3n) is 7.50. The van der Waals surface area contributed by atoms with E-state index in [-0.39, 0.29) is 22.2 Å². The number of H-pyrrole nitrogens is 1. The summed E-state index contributed by atoms with van der Waals surface area (Å²) in [6, 6.07) is 21.0. The lowest BCUT2D eigenvalue weighted by molar-refractivity contribution is -0.111. The van der Waals surface area contributed by atoms with Gasteiger partial charge in [0.15, 0.2) is 0 Å². The van der Waals surface area contributed by atoms with Gasteiger partial charge in [0.1, 0.15) is 5.71 Å². The summed E-state index contributed by atoms with van der Waals surface area (Å²) >= 11 is 0. The second-order valence-corrected chi connectivity index (χ2v) is 12.4. The van der Waals surface area contributed by atoms with Crippen LogP contribution in [0.5, 0.6) is 0 Å². The normalized spacial score (nSPS) is 14.0. The lowest BCUT2D eigenvalue weighted by Gasteiger charge is -2.27. The molecule has 0 saturated heterocycles. The summed E-state index contributed by atoms with van der Waals surface area (Å²) in [5, 5.41) is 7.96. The minimum atomic E-state index is -0.793. The number of carbonyl (C=O) groups is 2. The number of fused-ring (bicyclic) bond motifs is 2. The number of nitrogens with zero attached hydrogens (tertiary/aromatic N) is 7. The molecule has 0 radical (unpaired) electrons. The maximum Gasteiger partial charge on any atom is 0.268 e. The Labute approximate surface area is 248 Å². The third kappa shape index (κ3) is 5.33. The van der Waals surface area contributed by atoms with Crippen LogP contribution in [0, 0.1) is 0 Å². The first-order valence-corrected chi connectivity index (χ1v) is 13.7. The van der Waals surface area contributed by atoms with Crippen molar-refractivity contribution in [3.05, 3.63) is 127 Å². The first-order chi connectivity index (χ1) is 20.3. The number of aromatic nitrogens is 1. The lowest BCUT2D eigenvalue weighted by Crippen LogP contribution is -2.17. The van der Waals surface area contributed by atoms with Crippen LogP contribution in [-0.2, 0) is 15.6 Å². The van der Waals surface area contributed by atoms with Crippen molar-refractivity contribution < 1.29 is 9.59 Å². The van der Waals surface area contributed by atoms with E-state index in [1.165, 1.54) is 0 Å². The molecule has 3 aromatic carbocycles. The summed E-state index contributed by atoms with van der Waals surface area (Å²) in [6.45, 7) is 12.9. The predicted molar refractivity (Wildman–Crippen MR) is 169 cm³/mol. The molecule has 10 nitrogen and oxygen atoms in total. The molecule has 0 bridgehead atoms. The van der Waals surface area contributed by atoms with Gasteiger partial charge in [-0.25, -0.2) is 4.99 Å². The number of rotatable bonds is 4. The average Bonchev–Trinajstić information content (AvgIpc) is 3.52. The molecule has 0 fully saturated rings. The van der Waals surface area contributed by atoms with E-state index in [2.05, 4.69) is 84.8 Å².